The first-order valence-corrected chi connectivity index (χ1v) is 9.35. The summed E-state index contributed by atoms with van der Waals surface area (Å²) >= 11 is 0. The number of benzene rings is 2. The van der Waals surface area contributed by atoms with Gasteiger partial charge in [-0.2, -0.15) is 0 Å². The number of halogens is 1. The van der Waals surface area contributed by atoms with Crippen molar-refractivity contribution in [2.24, 2.45) is 5.92 Å². The average Bonchev–Trinajstić information content (AvgIpc) is 3.48. The van der Waals surface area contributed by atoms with Crippen molar-refractivity contribution in [3.05, 3.63) is 71.5 Å². The maximum Gasteiger partial charge on any atom is 0.310 e. The third-order valence-electron chi connectivity index (χ3n) is 4.85. The lowest BCUT2D eigenvalue weighted by Crippen LogP contribution is -2.32. The van der Waals surface area contributed by atoms with Crippen LogP contribution >= 0.6 is 0 Å². The molecule has 1 N–H and O–H groups in total. The van der Waals surface area contributed by atoms with E-state index in [4.69, 9.17) is 4.74 Å². The number of hydrogen-bond donors (Lipinski definition) is 1. The largest absolute Gasteiger partial charge is 0.455 e. The van der Waals surface area contributed by atoms with E-state index in [1.165, 1.54) is 12.1 Å². The van der Waals surface area contributed by atoms with E-state index in [0.29, 0.717) is 6.42 Å². The van der Waals surface area contributed by atoms with Crippen molar-refractivity contribution in [2.45, 2.75) is 38.1 Å². The number of rotatable bonds is 8. The Morgan fingerprint density at radius 2 is 1.85 bits per heavy atom. The lowest BCUT2D eigenvalue weighted by molar-refractivity contribution is -0.150. The molecule has 0 aliphatic heterocycles. The molecule has 0 aromatic heterocycles. The molecule has 0 bridgehead atoms. The van der Waals surface area contributed by atoms with Gasteiger partial charge in [-0.05, 0) is 42.0 Å². The Morgan fingerprint density at radius 3 is 2.52 bits per heavy atom. The molecule has 3 rings (SSSR count). The first kappa shape index (κ1) is 19.1. The third-order valence-corrected chi connectivity index (χ3v) is 4.85. The molecule has 0 heterocycles. The number of hydrogen-bond acceptors (Lipinski definition) is 3. The molecule has 0 spiro atoms. The standard InChI is InChI=1S/C22H24FNO3/c1-2-6-20(16-7-4-3-5-8-16)24-21(25)14-27-22(26)19-13-18(19)15-9-11-17(23)12-10-15/h3-5,7-12,18-20H,2,6,13-14H2,1H3,(H,24,25). The van der Waals surface area contributed by atoms with Crippen LogP contribution < -0.4 is 5.32 Å². The van der Waals surface area contributed by atoms with Crippen LogP contribution in [0.3, 0.4) is 0 Å². The lowest BCUT2D eigenvalue weighted by atomic mass is 10.0. The molecule has 3 atom stereocenters. The average molecular weight is 369 g/mol. The quantitative estimate of drug-likeness (QED) is 0.712. The van der Waals surface area contributed by atoms with Gasteiger partial charge < -0.3 is 10.1 Å². The van der Waals surface area contributed by atoms with Crippen molar-refractivity contribution in [1.29, 1.82) is 0 Å². The van der Waals surface area contributed by atoms with Gasteiger partial charge in [-0.15, -0.1) is 0 Å². The molecule has 0 radical (unpaired) electrons. The van der Waals surface area contributed by atoms with Gasteiger partial charge >= 0.3 is 5.97 Å². The van der Waals surface area contributed by atoms with E-state index in [1.54, 1.807) is 12.1 Å². The fraction of sp³-hybridized carbons (Fsp3) is 0.364. The third kappa shape index (κ3) is 5.16. The van der Waals surface area contributed by atoms with Gasteiger partial charge in [-0.25, -0.2) is 4.39 Å². The first-order valence-electron chi connectivity index (χ1n) is 9.35. The van der Waals surface area contributed by atoms with E-state index in [1.807, 2.05) is 30.3 Å². The van der Waals surface area contributed by atoms with Gasteiger partial charge in [-0.3, -0.25) is 9.59 Å². The smallest absolute Gasteiger partial charge is 0.310 e. The van der Waals surface area contributed by atoms with Crippen LogP contribution in [-0.2, 0) is 14.3 Å². The highest BCUT2D eigenvalue weighted by Gasteiger charge is 2.45. The molecule has 1 amide bonds. The van der Waals surface area contributed by atoms with E-state index in [2.05, 4.69) is 12.2 Å². The molecule has 1 aliphatic carbocycles. The highest BCUT2D eigenvalue weighted by Crippen LogP contribution is 2.48. The molecule has 5 heteroatoms. The van der Waals surface area contributed by atoms with Crippen molar-refractivity contribution in [3.8, 4) is 0 Å². The summed E-state index contributed by atoms with van der Waals surface area (Å²) in [5.41, 5.74) is 1.97. The van der Waals surface area contributed by atoms with Gasteiger partial charge in [0.2, 0.25) is 0 Å². The second kappa shape index (κ2) is 8.80. The van der Waals surface area contributed by atoms with E-state index in [-0.39, 0.29) is 42.2 Å². The zero-order valence-electron chi connectivity index (χ0n) is 15.4. The molecule has 27 heavy (non-hydrogen) atoms. The lowest BCUT2D eigenvalue weighted by Gasteiger charge is -2.18. The number of esters is 1. The summed E-state index contributed by atoms with van der Waals surface area (Å²) in [5.74, 6) is -1.16. The minimum absolute atomic E-state index is 0.0540. The van der Waals surface area contributed by atoms with Crippen molar-refractivity contribution in [1.82, 2.24) is 5.32 Å². The van der Waals surface area contributed by atoms with Gasteiger partial charge in [0, 0.05) is 0 Å². The molecule has 3 unspecified atom stereocenters. The van der Waals surface area contributed by atoms with Crippen molar-refractivity contribution in [3.63, 3.8) is 0 Å². The minimum atomic E-state index is -0.369. The van der Waals surface area contributed by atoms with Crippen LogP contribution in [0.4, 0.5) is 4.39 Å². The van der Waals surface area contributed by atoms with Crippen LogP contribution in [0.15, 0.2) is 54.6 Å². The number of nitrogens with one attached hydrogen (secondary N) is 1. The molecular weight excluding hydrogens is 345 g/mol. The molecule has 4 nitrogen and oxygen atoms in total. The Bertz CT molecular complexity index is 776. The molecule has 142 valence electrons. The summed E-state index contributed by atoms with van der Waals surface area (Å²) in [5, 5.41) is 2.94. The fourth-order valence-electron chi connectivity index (χ4n) is 3.31. The van der Waals surface area contributed by atoms with Gasteiger partial charge in [0.15, 0.2) is 6.61 Å². The zero-order chi connectivity index (χ0) is 19.2. The molecule has 2 aromatic carbocycles. The van der Waals surface area contributed by atoms with Gasteiger partial charge in [0.05, 0.1) is 12.0 Å². The van der Waals surface area contributed by atoms with Crippen LogP contribution in [0, 0.1) is 11.7 Å². The van der Waals surface area contributed by atoms with Crippen LogP contribution in [0.2, 0.25) is 0 Å². The maximum atomic E-state index is 13.0. The van der Waals surface area contributed by atoms with Gasteiger partial charge in [0.25, 0.3) is 5.91 Å². The summed E-state index contributed by atoms with van der Waals surface area (Å²) in [6.45, 7) is 1.78. The maximum absolute atomic E-state index is 13.0. The molecule has 0 saturated heterocycles. The summed E-state index contributed by atoms with van der Waals surface area (Å²) < 4.78 is 18.2. The number of carbonyl (C=O) groups is 2. The van der Waals surface area contributed by atoms with Gasteiger partial charge in [-0.1, -0.05) is 55.8 Å². The number of ether oxygens (including phenoxy) is 1. The fourth-order valence-corrected chi connectivity index (χ4v) is 3.31. The van der Waals surface area contributed by atoms with E-state index in [9.17, 15) is 14.0 Å². The molecule has 1 aliphatic rings. The van der Waals surface area contributed by atoms with Gasteiger partial charge in [0.1, 0.15) is 5.82 Å². The number of carbonyl (C=O) groups excluding carboxylic acids is 2. The highest BCUT2D eigenvalue weighted by atomic mass is 19.1. The number of amides is 1. The highest BCUT2D eigenvalue weighted by molar-refractivity contribution is 5.83. The topological polar surface area (TPSA) is 55.4 Å². The first-order chi connectivity index (χ1) is 13.1. The minimum Gasteiger partial charge on any atom is -0.455 e. The Balaban J connectivity index is 1.47. The Morgan fingerprint density at radius 1 is 1.15 bits per heavy atom. The summed E-state index contributed by atoms with van der Waals surface area (Å²) in [6, 6.07) is 15.8. The van der Waals surface area contributed by atoms with Crippen LogP contribution in [0.1, 0.15) is 49.3 Å². The Kier molecular flexibility index (Phi) is 6.22. The van der Waals surface area contributed by atoms with Crippen molar-refractivity contribution < 1.29 is 18.7 Å². The predicted molar refractivity (Wildman–Crippen MR) is 100 cm³/mol. The monoisotopic (exact) mass is 369 g/mol. The molecule has 1 saturated carbocycles. The van der Waals surface area contributed by atoms with Crippen LogP contribution in [-0.4, -0.2) is 18.5 Å². The second-order valence-electron chi connectivity index (χ2n) is 6.93. The van der Waals surface area contributed by atoms with Crippen LogP contribution in [0.25, 0.3) is 0 Å². The second-order valence-corrected chi connectivity index (χ2v) is 6.93. The summed E-state index contributed by atoms with van der Waals surface area (Å²) in [6.07, 6.45) is 2.43. The molecule has 1 fully saturated rings. The summed E-state index contributed by atoms with van der Waals surface area (Å²) in [7, 11) is 0. The predicted octanol–water partition coefficient (Wildman–Crippen LogP) is 4.13. The Labute approximate surface area is 158 Å². The summed E-state index contributed by atoms with van der Waals surface area (Å²) in [4.78, 5) is 24.4. The van der Waals surface area contributed by atoms with Crippen LogP contribution in [0.5, 0.6) is 0 Å². The van der Waals surface area contributed by atoms with Crippen molar-refractivity contribution in [2.75, 3.05) is 6.61 Å². The normalized spacial score (nSPS) is 19.2. The molecule has 2 aromatic rings. The zero-order valence-corrected chi connectivity index (χ0v) is 15.4. The Hall–Kier alpha value is -2.69. The SMILES string of the molecule is CCCC(NC(=O)COC(=O)C1CC1c1ccc(F)cc1)c1ccccc1. The van der Waals surface area contributed by atoms with E-state index in [0.717, 1.165) is 24.0 Å². The van der Waals surface area contributed by atoms with Crippen molar-refractivity contribution >= 4 is 11.9 Å². The molecular formula is C22H24FNO3. The van der Waals surface area contributed by atoms with E-state index >= 15 is 0 Å². The van der Waals surface area contributed by atoms with E-state index < -0.39 is 0 Å².